The molecule has 0 unspecified atom stereocenters. The van der Waals surface area contributed by atoms with Gasteiger partial charge in [0.05, 0.1) is 0 Å². The standard InChI is InChI=1S/C7H11ClN2OSi/c1-12(2,3)11-7-5-4-6(8)9-10-7/h4-5H,1-3H3. The Kier molecular flexibility index (Phi) is 2.69. The Labute approximate surface area is 77.9 Å². The molecule has 0 amide bonds. The lowest BCUT2D eigenvalue weighted by atomic mass is 10.6. The van der Waals surface area contributed by atoms with E-state index in [-0.39, 0.29) is 0 Å². The van der Waals surface area contributed by atoms with E-state index in [0.29, 0.717) is 11.0 Å². The van der Waals surface area contributed by atoms with E-state index in [1.54, 1.807) is 12.1 Å². The molecule has 66 valence electrons. The Morgan fingerprint density at radius 2 is 1.92 bits per heavy atom. The lowest BCUT2D eigenvalue weighted by Gasteiger charge is -2.17. The molecule has 1 aromatic rings. The lowest BCUT2D eigenvalue weighted by molar-refractivity contribution is 0.524. The molecule has 0 bridgehead atoms. The second kappa shape index (κ2) is 3.41. The van der Waals surface area contributed by atoms with Crippen molar-refractivity contribution in [2.45, 2.75) is 19.6 Å². The van der Waals surface area contributed by atoms with E-state index >= 15 is 0 Å². The van der Waals surface area contributed by atoms with Crippen molar-refractivity contribution >= 4 is 19.9 Å². The fraction of sp³-hybridized carbons (Fsp3) is 0.429. The summed E-state index contributed by atoms with van der Waals surface area (Å²) in [7, 11) is -1.56. The summed E-state index contributed by atoms with van der Waals surface area (Å²) >= 11 is 5.57. The summed E-state index contributed by atoms with van der Waals surface area (Å²) in [5.41, 5.74) is 0. The van der Waals surface area contributed by atoms with Crippen molar-refractivity contribution in [3.05, 3.63) is 17.3 Å². The monoisotopic (exact) mass is 202 g/mol. The van der Waals surface area contributed by atoms with Crippen LogP contribution in [-0.4, -0.2) is 18.5 Å². The Morgan fingerprint density at radius 3 is 2.33 bits per heavy atom. The van der Waals surface area contributed by atoms with Gasteiger partial charge in [-0.1, -0.05) is 11.6 Å². The number of hydrogen-bond donors (Lipinski definition) is 0. The first-order chi connectivity index (χ1) is 5.47. The maximum Gasteiger partial charge on any atom is 0.244 e. The number of hydrogen-bond acceptors (Lipinski definition) is 3. The van der Waals surface area contributed by atoms with Gasteiger partial charge in [0.2, 0.25) is 14.2 Å². The van der Waals surface area contributed by atoms with Crippen LogP contribution in [0.25, 0.3) is 0 Å². The third-order valence-corrected chi connectivity index (χ3v) is 2.04. The van der Waals surface area contributed by atoms with E-state index in [1.807, 2.05) is 0 Å². The smallest absolute Gasteiger partial charge is 0.244 e. The summed E-state index contributed by atoms with van der Waals surface area (Å²) in [6.45, 7) is 6.26. The van der Waals surface area contributed by atoms with Crippen LogP contribution < -0.4 is 4.43 Å². The van der Waals surface area contributed by atoms with Crippen LogP contribution in [-0.2, 0) is 0 Å². The van der Waals surface area contributed by atoms with E-state index in [1.165, 1.54) is 0 Å². The summed E-state index contributed by atoms with van der Waals surface area (Å²) in [5.74, 6) is 0.554. The Hall–Kier alpha value is -0.613. The third-order valence-electron chi connectivity index (χ3n) is 1.02. The predicted molar refractivity (Wildman–Crippen MR) is 51.0 cm³/mol. The first-order valence-electron chi connectivity index (χ1n) is 3.66. The number of aromatic nitrogens is 2. The SMILES string of the molecule is C[Si](C)(C)Oc1ccc(Cl)nn1. The maximum absolute atomic E-state index is 5.57. The highest BCUT2D eigenvalue weighted by atomic mass is 35.5. The van der Waals surface area contributed by atoms with Gasteiger partial charge in [0, 0.05) is 6.07 Å². The summed E-state index contributed by atoms with van der Waals surface area (Å²) in [5, 5.41) is 7.86. The van der Waals surface area contributed by atoms with E-state index in [0.717, 1.165) is 0 Å². The van der Waals surface area contributed by atoms with E-state index < -0.39 is 8.32 Å². The minimum Gasteiger partial charge on any atom is -0.530 e. The van der Waals surface area contributed by atoms with Crippen LogP contribution in [0.1, 0.15) is 0 Å². The molecule has 0 saturated carbocycles. The zero-order valence-corrected chi connectivity index (χ0v) is 9.09. The van der Waals surface area contributed by atoms with Gasteiger partial charge in [0.15, 0.2) is 5.15 Å². The van der Waals surface area contributed by atoms with E-state index in [9.17, 15) is 0 Å². The van der Waals surface area contributed by atoms with Crippen LogP contribution in [0.4, 0.5) is 0 Å². The summed E-state index contributed by atoms with van der Waals surface area (Å²) in [6, 6.07) is 3.40. The largest absolute Gasteiger partial charge is 0.530 e. The van der Waals surface area contributed by atoms with Crippen LogP contribution in [0.5, 0.6) is 5.88 Å². The van der Waals surface area contributed by atoms with Gasteiger partial charge >= 0.3 is 0 Å². The van der Waals surface area contributed by atoms with Crippen molar-refractivity contribution in [2.24, 2.45) is 0 Å². The molecule has 0 fully saturated rings. The summed E-state index contributed by atoms with van der Waals surface area (Å²) in [6.07, 6.45) is 0. The van der Waals surface area contributed by atoms with E-state index in [4.69, 9.17) is 16.0 Å². The average molecular weight is 203 g/mol. The molecule has 0 saturated heterocycles. The van der Waals surface area contributed by atoms with Gasteiger partial charge in [-0.15, -0.1) is 10.2 Å². The van der Waals surface area contributed by atoms with Crippen molar-refractivity contribution in [3.63, 3.8) is 0 Å². The molecular formula is C7H11ClN2OSi. The van der Waals surface area contributed by atoms with Gasteiger partial charge < -0.3 is 4.43 Å². The maximum atomic E-state index is 5.57. The summed E-state index contributed by atoms with van der Waals surface area (Å²) < 4.78 is 5.56. The number of rotatable bonds is 2. The molecular weight excluding hydrogens is 192 g/mol. The summed E-state index contributed by atoms with van der Waals surface area (Å²) in [4.78, 5) is 0. The normalized spacial score (nSPS) is 11.3. The molecule has 0 atom stereocenters. The quantitative estimate of drug-likeness (QED) is 0.691. The lowest BCUT2D eigenvalue weighted by Crippen LogP contribution is -2.29. The van der Waals surface area contributed by atoms with Crippen molar-refractivity contribution in [2.75, 3.05) is 0 Å². The second-order valence-electron chi connectivity index (χ2n) is 3.41. The molecule has 1 aromatic heterocycles. The zero-order chi connectivity index (χ0) is 9.19. The molecule has 1 rings (SSSR count). The Morgan fingerprint density at radius 1 is 1.25 bits per heavy atom. The zero-order valence-electron chi connectivity index (χ0n) is 7.34. The van der Waals surface area contributed by atoms with Crippen LogP contribution in [0.15, 0.2) is 12.1 Å². The van der Waals surface area contributed by atoms with Gasteiger partial charge in [-0.2, -0.15) is 0 Å². The Bertz CT molecular complexity index is 257. The number of halogens is 1. The van der Waals surface area contributed by atoms with Crippen molar-refractivity contribution in [1.29, 1.82) is 0 Å². The molecule has 12 heavy (non-hydrogen) atoms. The molecule has 3 nitrogen and oxygen atoms in total. The van der Waals surface area contributed by atoms with Crippen molar-refractivity contribution < 1.29 is 4.43 Å². The highest BCUT2D eigenvalue weighted by Crippen LogP contribution is 2.13. The second-order valence-corrected chi connectivity index (χ2v) is 8.22. The Balaban J connectivity index is 2.71. The predicted octanol–water partition coefficient (Wildman–Crippen LogP) is 2.34. The fourth-order valence-electron chi connectivity index (χ4n) is 0.672. The first kappa shape index (κ1) is 9.47. The first-order valence-corrected chi connectivity index (χ1v) is 7.44. The fourth-order valence-corrected chi connectivity index (χ4v) is 1.51. The van der Waals surface area contributed by atoms with Crippen LogP contribution in [0.3, 0.4) is 0 Å². The van der Waals surface area contributed by atoms with Crippen LogP contribution in [0, 0.1) is 0 Å². The van der Waals surface area contributed by atoms with Gasteiger partial charge in [-0.3, -0.25) is 0 Å². The molecule has 0 spiro atoms. The van der Waals surface area contributed by atoms with E-state index in [2.05, 4.69) is 29.8 Å². The van der Waals surface area contributed by atoms with Gasteiger partial charge in [-0.05, 0) is 25.7 Å². The molecule has 0 aliphatic carbocycles. The highest BCUT2D eigenvalue weighted by molar-refractivity contribution is 6.70. The van der Waals surface area contributed by atoms with Crippen molar-refractivity contribution in [3.8, 4) is 5.88 Å². The van der Waals surface area contributed by atoms with Crippen molar-refractivity contribution in [1.82, 2.24) is 10.2 Å². The van der Waals surface area contributed by atoms with Crippen LogP contribution >= 0.6 is 11.6 Å². The van der Waals surface area contributed by atoms with Gasteiger partial charge in [-0.25, -0.2) is 0 Å². The molecule has 1 heterocycles. The molecule has 5 heteroatoms. The highest BCUT2D eigenvalue weighted by Gasteiger charge is 2.16. The average Bonchev–Trinajstić information content (AvgIpc) is 1.91. The van der Waals surface area contributed by atoms with Crippen LogP contribution in [0.2, 0.25) is 24.8 Å². The minimum absolute atomic E-state index is 0.387. The van der Waals surface area contributed by atoms with Gasteiger partial charge in [0.1, 0.15) is 0 Å². The molecule has 0 aromatic carbocycles. The molecule has 0 radical (unpaired) electrons. The minimum atomic E-state index is -1.56. The topological polar surface area (TPSA) is 35.0 Å². The third kappa shape index (κ3) is 3.19. The molecule has 0 aliphatic rings. The molecule has 0 aliphatic heterocycles. The van der Waals surface area contributed by atoms with Gasteiger partial charge in [0.25, 0.3) is 0 Å². The number of nitrogens with zero attached hydrogens (tertiary/aromatic N) is 2. The molecule has 0 N–H and O–H groups in total.